The maximum absolute atomic E-state index is 4.41. The summed E-state index contributed by atoms with van der Waals surface area (Å²) >= 11 is 0. The van der Waals surface area contributed by atoms with Gasteiger partial charge in [0.05, 0.1) is 0 Å². The molecule has 0 aliphatic heterocycles. The van der Waals surface area contributed by atoms with Crippen LogP contribution in [0.5, 0.6) is 0 Å². The summed E-state index contributed by atoms with van der Waals surface area (Å²) in [7, 11) is 0. The van der Waals surface area contributed by atoms with Crippen LogP contribution in [0, 0.1) is 5.41 Å². The van der Waals surface area contributed by atoms with Gasteiger partial charge in [-0.3, -0.25) is 0 Å². The van der Waals surface area contributed by atoms with Crippen molar-refractivity contribution in [3.05, 3.63) is 17.7 Å². The van der Waals surface area contributed by atoms with Crippen LogP contribution < -0.4 is 5.32 Å². The maximum Gasteiger partial charge on any atom is 0.106 e. The van der Waals surface area contributed by atoms with E-state index in [1.165, 1.54) is 0 Å². The first-order valence-electron chi connectivity index (χ1n) is 5.93. The topological polar surface area (TPSA) is 40.7 Å². The fourth-order valence-electron chi connectivity index (χ4n) is 1.45. The fraction of sp³-hybridized carbons (Fsp3) is 0.769. The third-order valence-corrected chi connectivity index (χ3v) is 2.19. The molecule has 92 valence electrons. The van der Waals surface area contributed by atoms with E-state index in [0.29, 0.717) is 0 Å². The van der Waals surface area contributed by atoms with Crippen molar-refractivity contribution in [2.45, 2.75) is 60.0 Å². The molecule has 1 aromatic heterocycles. The Morgan fingerprint density at radius 3 is 2.31 bits per heavy atom. The molecule has 0 atom stereocenters. The van der Waals surface area contributed by atoms with Crippen LogP contribution in [0.2, 0.25) is 0 Å². The van der Waals surface area contributed by atoms with E-state index in [0.717, 1.165) is 24.5 Å². The first-order chi connectivity index (χ1) is 7.16. The number of rotatable bonds is 3. The third kappa shape index (κ3) is 5.31. The number of aromatic amines is 1. The predicted molar refractivity (Wildman–Crippen MR) is 68.3 cm³/mol. The standard InChI is InChI=1S/C13H25N3/c1-12(2,3)7-11-14-8-10(16-11)9-15-13(4,5)6/h8,15H,7,9H2,1-6H3,(H,14,16). The molecule has 0 fully saturated rings. The largest absolute Gasteiger partial charge is 0.345 e. The minimum absolute atomic E-state index is 0.148. The fourth-order valence-corrected chi connectivity index (χ4v) is 1.45. The Morgan fingerprint density at radius 2 is 1.81 bits per heavy atom. The average Bonchev–Trinajstić information content (AvgIpc) is 2.44. The van der Waals surface area contributed by atoms with Gasteiger partial charge in [0.2, 0.25) is 0 Å². The van der Waals surface area contributed by atoms with Crippen LogP contribution in [0.15, 0.2) is 6.20 Å². The normalized spacial score (nSPS) is 13.1. The molecule has 1 aromatic rings. The first-order valence-corrected chi connectivity index (χ1v) is 5.93. The molecule has 0 radical (unpaired) electrons. The molecule has 0 bridgehead atoms. The molecular formula is C13H25N3. The lowest BCUT2D eigenvalue weighted by molar-refractivity contribution is 0.400. The van der Waals surface area contributed by atoms with Crippen LogP contribution in [0.25, 0.3) is 0 Å². The van der Waals surface area contributed by atoms with Crippen molar-refractivity contribution in [1.29, 1.82) is 0 Å². The third-order valence-electron chi connectivity index (χ3n) is 2.19. The second kappa shape index (κ2) is 4.58. The van der Waals surface area contributed by atoms with E-state index >= 15 is 0 Å². The lowest BCUT2D eigenvalue weighted by Crippen LogP contribution is -2.35. The first kappa shape index (κ1) is 13.2. The minimum Gasteiger partial charge on any atom is -0.345 e. The monoisotopic (exact) mass is 223 g/mol. The number of aromatic nitrogens is 2. The van der Waals surface area contributed by atoms with E-state index in [4.69, 9.17) is 0 Å². The van der Waals surface area contributed by atoms with Gasteiger partial charge in [0, 0.05) is 30.4 Å². The van der Waals surface area contributed by atoms with Crippen LogP contribution in [-0.4, -0.2) is 15.5 Å². The van der Waals surface area contributed by atoms with Gasteiger partial charge < -0.3 is 10.3 Å². The molecule has 2 N–H and O–H groups in total. The molecule has 16 heavy (non-hydrogen) atoms. The SMILES string of the molecule is CC(C)(C)Cc1ncc(CNC(C)(C)C)[nH]1. The van der Waals surface area contributed by atoms with Crippen LogP contribution in [0.3, 0.4) is 0 Å². The van der Waals surface area contributed by atoms with Gasteiger partial charge in [0.15, 0.2) is 0 Å². The van der Waals surface area contributed by atoms with E-state index in [-0.39, 0.29) is 11.0 Å². The van der Waals surface area contributed by atoms with E-state index in [1.54, 1.807) is 0 Å². The molecule has 0 spiro atoms. The van der Waals surface area contributed by atoms with Gasteiger partial charge in [0.25, 0.3) is 0 Å². The summed E-state index contributed by atoms with van der Waals surface area (Å²) in [6, 6.07) is 0. The van der Waals surface area contributed by atoms with Gasteiger partial charge in [0.1, 0.15) is 5.82 Å². The molecule has 3 nitrogen and oxygen atoms in total. The molecule has 0 aliphatic carbocycles. The van der Waals surface area contributed by atoms with Crippen molar-refractivity contribution >= 4 is 0 Å². The summed E-state index contributed by atoms with van der Waals surface area (Å²) < 4.78 is 0. The highest BCUT2D eigenvalue weighted by atomic mass is 15.0. The van der Waals surface area contributed by atoms with Crippen molar-refractivity contribution in [3.8, 4) is 0 Å². The molecule has 1 rings (SSSR count). The zero-order chi connectivity index (χ0) is 12.4. The predicted octanol–water partition coefficient (Wildman–Crippen LogP) is 2.89. The Balaban J connectivity index is 2.52. The highest BCUT2D eigenvalue weighted by Gasteiger charge is 2.14. The van der Waals surface area contributed by atoms with Gasteiger partial charge in [-0.1, -0.05) is 20.8 Å². The number of H-pyrrole nitrogens is 1. The van der Waals surface area contributed by atoms with Gasteiger partial charge in [-0.2, -0.15) is 0 Å². The molecule has 3 heteroatoms. The number of nitrogens with zero attached hydrogens (tertiary/aromatic N) is 1. The second-order valence-electron chi connectivity index (χ2n) is 6.70. The highest BCUT2D eigenvalue weighted by Crippen LogP contribution is 2.18. The van der Waals surface area contributed by atoms with Gasteiger partial charge in [-0.25, -0.2) is 4.98 Å². The number of hydrogen-bond acceptors (Lipinski definition) is 2. The average molecular weight is 223 g/mol. The Morgan fingerprint density at radius 1 is 1.19 bits per heavy atom. The van der Waals surface area contributed by atoms with Crippen LogP contribution in [-0.2, 0) is 13.0 Å². The summed E-state index contributed by atoms with van der Waals surface area (Å²) in [6.07, 6.45) is 2.92. The van der Waals surface area contributed by atoms with Crippen molar-refractivity contribution < 1.29 is 0 Å². The van der Waals surface area contributed by atoms with Gasteiger partial charge in [-0.05, 0) is 26.2 Å². The number of hydrogen-bond donors (Lipinski definition) is 2. The Labute approximate surface area is 99.1 Å². The zero-order valence-electron chi connectivity index (χ0n) is 11.4. The molecule has 0 aromatic carbocycles. The number of imidazole rings is 1. The molecule has 0 amide bonds. The van der Waals surface area contributed by atoms with Crippen molar-refractivity contribution in [1.82, 2.24) is 15.3 Å². The Bertz CT molecular complexity index is 326. The number of nitrogens with one attached hydrogen (secondary N) is 2. The van der Waals surface area contributed by atoms with Crippen molar-refractivity contribution in [2.75, 3.05) is 0 Å². The summed E-state index contributed by atoms with van der Waals surface area (Å²) in [4.78, 5) is 7.78. The highest BCUT2D eigenvalue weighted by molar-refractivity contribution is 5.03. The van der Waals surface area contributed by atoms with Crippen molar-refractivity contribution in [3.63, 3.8) is 0 Å². The van der Waals surface area contributed by atoms with Gasteiger partial charge >= 0.3 is 0 Å². The summed E-state index contributed by atoms with van der Waals surface area (Å²) in [5.74, 6) is 1.08. The maximum atomic E-state index is 4.41. The molecule has 0 saturated carbocycles. The van der Waals surface area contributed by atoms with E-state index < -0.39 is 0 Å². The van der Waals surface area contributed by atoms with E-state index in [2.05, 4.69) is 56.8 Å². The lowest BCUT2D eigenvalue weighted by atomic mass is 9.92. The Hall–Kier alpha value is -0.830. The van der Waals surface area contributed by atoms with Crippen molar-refractivity contribution in [2.24, 2.45) is 5.41 Å². The zero-order valence-corrected chi connectivity index (χ0v) is 11.4. The van der Waals surface area contributed by atoms with Crippen LogP contribution in [0.4, 0.5) is 0 Å². The molecule has 0 aliphatic rings. The molecular weight excluding hydrogens is 198 g/mol. The summed E-state index contributed by atoms with van der Waals surface area (Å²) in [5, 5.41) is 3.44. The Kier molecular flexibility index (Phi) is 3.79. The smallest absolute Gasteiger partial charge is 0.106 e. The lowest BCUT2D eigenvalue weighted by Gasteiger charge is -2.19. The van der Waals surface area contributed by atoms with Crippen LogP contribution in [0.1, 0.15) is 53.1 Å². The van der Waals surface area contributed by atoms with Gasteiger partial charge in [-0.15, -0.1) is 0 Å². The quantitative estimate of drug-likeness (QED) is 0.827. The molecule has 0 saturated heterocycles. The molecule has 1 heterocycles. The van der Waals surface area contributed by atoms with E-state index in [9.17, 15) is 0 Å². The molecule has 0 unspecified atom stereocenters. The summed E-state index contributed by atoms with van der Waals surface area (Å²) in [5.41, 5.74) is 1.59. The van der Waals surface area contributed by atoms with Crippen LogP contribution >= 0.6 is 0 Å². The van der Waals surface area contributed by atoms with E-state index in [1.807, 2.05) is 6.20 Å². The summed E-state index contributed by atoms with van der Waals surface area (Å²) in [6.45, 7) is 14.0. The second-order valence-corrected chi connectivity index (χ2v) is 6.70. The minimum atomic E-state index is 0.148.